The Hall–Kier alpha value is -3.12. The summed E-state index contributed by atoms with van der Waals surface area (Å²) in [6.45, 7) is 5.47. The summed E-state index contributed by atoms with van der Waals surface area (Å²) in [7, 11) is 0. The van der Waals surface area contributed by atoms with Gasteiger partial charge in [-0.1, -0.05) is 36.4 Å². The minimum atomic E-state index is 0.0299. The van der Waals surface area contributed by atoms with Crippen molar-refractivity contribution in [1.82, 2.24) is 9.88 Å². The lowest BCUT2D eigenvalue weighted by Gasteiger charge is -2.37. The van der Waals surface area contributed by atoms with Gasteiger partial charge in [-0.25, -0.2) is 4.98 Å². The molecule has 3 heterocycles. The molecule has 29 heavy (non-hydrogen) atoms. The summed E-state index contributed by atoms with van der Waals surface area (Å²) in [5.74, 6) is 1.89. The van der Waals surface area contributed by atoms with Crippen LogP contribution >= 0.6 is 0 Å². The highest BCUT2D eigenvalue weighted by molar-refractivity contribution is 5.97. The van der Waals surface area contributed by atoms with Gasteiger partial charge in [-0.3, -0.25) is 9.69 Å². The molecule has 0 spiro atoms. The highest BCUT2D eigenvalue weighted by atomic mass is 16.5. The summed E-state index contributed by atoms with van der Waals surface area (Å²) < 4.78 is 5.54. The predicted octanol–water partition coefficient (Wildman–Crippen LogP) is 2.78. The standard InChI is InChI=1S/C23H24N4O2/c28-22-17-29-21-8-4-3-7-20(21)27(22)16-13-25-11-14-26(15-12-25)23-19-6-2-1-5-18(19)9-10-24-23/h1-10H,11-17H2. The number of aromatic nitrogens is 1. The largest absolute Gasteiger partial charge is 0.482 e. The van der Waals surface area contributed by atoms with E-state index in [0.717, 1.165) is 50.0 Å². The zero-order valence-corrected chi connectivity index (χ0v) is 16.3. The van der Waals surface area contributed by atoms with E-state index >= 15 is 0 Å². The molecular formula is C23H24N4O2. The molecule has 5 rings (SSSR count). The Balaban J connectivity index is 1.22. The van der Waals surface area contributed by atoms with Gasteiger partial charge in [0.15, 0.2) is 6.61 Å². The molecule has 2 aliphatic heterocycles. The van der Waals surface area contributed by atoms with Gasteiger partial charge in [-0.05, 0) is 23.6 Å². The molecule has 3 aromatic rings. The average molecular weight is 388 g/mol. The van der Waals surface area contributed by atoms with Gasteiger partial charge in [0.25, 0.3) is 5.91 Å². The Morgan fingerprint density at radius 3 is 2.59 bits per heavy atom. The summed E-state index contributed by atoms with van der Waals surface area (Å²) in [5.41, 5.74) is 0.877. The molecule has 6 heteroatoms. The lowest BCUT2D eigenvalue weighted by molar-refractivity contribution is -0.121. The number of carbonyl (C=O) groups excluding carboxylic acids is 1. The van der Waals surface area contributed by atoms with Crippen molar-refractivity contribution in [3.05, 3.63) is 60.8 Å². The zero-order chi connectivity index (χ0) is 19.6. The van der Waals surface area contributed by atoms with Crippen LogP contribution in [-0.4, -0.2) is 61.7 Å². The molecule has 0 unspecified atom stereocenters. The van der Waals surface area contributed by atoms with E-state index in [2.05, 4.69) is 45.1 Å². The van der Waals surface area contributed by atoms with Crippen molar-refractivity contribution in [3.8, 4) is 5.75 Å². The van der Waals surface area contributed by atoms with E-state index in [9.17, 15) is 4.79 Å². The molecule has 148 valence electrons. The molecule has 0 N–H and O–H groups in total. The predicted molar refractivity (Wildman–Crippen MR) is 115 cm³/mol. The molecule has 0 bridgehead atoms. The quantitative estimate of drug-likeness (QED) is 0.688. The van der Waals surface area contributed by atoms with Crippen molar-refractivity contribution >= 4 is 28.2 Å². The number of benzene rings is 2. The number of carbonyl (C=O) groups is 1. The first kappa shape index (κ1) is 17.9. The van der Waals surface area contributed by atoms with Gasteiger partial charge in [0.2, 0.25) is 0 Å². The van der Waals surface area contributed by atoms with E-state index < -0.39 is 0 Å². The molecule has 1 aromatic heterocycles. The monoisotopic (exact) mass is 388 g/mol. The zero-order valence-electron chi connectivity index (χ0n) is 16.3. The maximum atomic E-state index is 12.4. The molecule has 0 radical (unpaired) electrons. The second-order valence-electron chi connectivity index (χ2n) is 7.49. The van der Waals surface area contributed by atoms with Crippen LogP contribution in [0.1, 0.15) is 0 Å². The number of hydrogen-bond donors (Lipinski definition) is 0. The van der Waals surface area contributed by atoms with Crippen LogP contribution in [0.4, 0.5) is 11.5 Å². The van der Waals surface area contributed by atoms with E-state index in [-0.39, 0.29) is 12.5 Å². The van der Waals surface area contributed by atoms with Gasteiger partial charge >= 0.3 is 0 Å². The van der Waals surface area contributed by atoms with Crippen molar-refractivity contribution < 1.29 is 9.53 Å². The van der Waals surface area contributed by atoms with Crippen molar-refractivity contribution in [1.29, 1.82) is 0 Å². The lowest BCUT2D eigenvalue weighted by atomic mass is 10.1. The minimum Gasteiger partial charge on any atom is -0.482 e. The fourth-order valence-corrected chi connectivity index (χ4v) is 4.18. The fourth-order valence-electron chi connectivity index (χ4n) is 4.18. The van der Waals surface area contributed by atoms with Crippen LogP contribution in [0.2, 0.25) is 0 Å². The normalized spacial score (nSPS) is 17.3. The molecule has 1 saturated heterocycles. The van der Waals surface area contributed by atoms with Crippen LogP contribution in [0.5, 0.6) is 5.75 Å². The summed E-state index contributed by atoms with van der Waals surface area (Å²) in [6, 6.07) is 18.2. The third-order valence-electron chi connectivity index (χ3n) is 5.77. The smallest absolute Gasteiger partial charge is 0.265 e. The Morgan fingerprint density at radius 2 is 1.69 bits per heavy atom. The number of amides is 1. The Morgan fingerprint density at radius 1 is 0.897 bits per heavy atom. The fraction of sp³-hybridized carbons (Fsp3) is 0.304. The number of piperazine rings is 1. The third kappa shape index (κ3) is 3.51. The maximum Gasteiger partial charge on any atom is 0.265 e. The third-order valence-corrected chi connectivity index (χ3v) is 5.77. The molecule has 0 saturated carbocycles. The summed E-state index contributed by atoms with van der Waals surface area (Å²) >= 11 is 0. The molecule has 2 aromatic carbocycles. The van der Waals surface area contributed by atoms with E-state index in [4.69, 9.17) is 4.74 Å². The van der Waals surface area contributed by atoms with Crippen LogP contribution in [0.25, 0.3) is 10.8 Å². The van der Waals surface area contributed by atoms with Crippen molar-refractivity contribution in [2.45, 2.75) is 0 Å². The number of hydrogen-bond acceptors (Lipinski definition) is 5. The van der Waals surface area contributed by atoms with Crippen LogP contribution in [-0.2, 0) is 4.79 Å². The van der Waals surface area contributed by atoms with Crippen LogP contribution in [0.3, 0.4) is 0 Å². The molecular weight excluding hydrogens is 364 g/mol. The second-order valence-corrected chi connectivity index (χ2v) is 7.49. The van der Waals surface area contributed by atoms with Gasteiger partial charge in [0, 0.05) is 50.9 Å². The maximum absolute atomic E-state index is 12.4. The second kappa shape index (κ2) is 7.72. The highest BCUT2D eigenvalue weighted by Gasteiger charge is 2.26. The number of pyridine rings is 1. The first-order valence-corrected chi connectivity index (χ1v) is 10.1. The van der Waals surface area contributed by atoms with Crippen molar-refractivity contribution in [2.75, 3.05) is 55.7 Å². The Kier molecular flexibility index (Phi) is 4.77. The van der Waals surface area contributed by atoms with Gasteiger partial charge in [0.05, 0.1) is 5.69 Å². The number of fused-ring (bicyclic) bond motifs is 2. The first-order chi connectivity index (χ1) is 14.3. The number of para-hydroxylation sites is 2. The molecule has 0 aliphatic carbocycles. The SMILES string of the molecule is O=C1COc2ccccc2N1CCN1CCN(c2nccc3ccccc23)CC1. The lowest BCUT2D eigenvalue weighted by Crippen LogP contribution is -2.50. The number of anilines is 2. The van der Waals surface area contributed by atoms with Crippen LogP contribution in [0.15, 0.2) is 60.8 Å². The number of rotatable bonds is 4. The molecule has 1 amide bonds. The van der Waals surface area contributed by atoms with Gasteiger partial charge < -0.3 is 14.5 Å². The molecule has 2 aliphatic rings. The molecule has 6 nitrogen and oxygen atoms in total. The van der Waals surface area contributed by atoms with E-state index in [1.165, 1.54) is 10.8 Å². The van der Waals surface area contributed by atoms with E-state index in [1.54, 1.807) is 0 Å². The first-order valence-electron chi connectivity index (χ1n) is 10.1. The summed E-state index contributed by atoms with van der Waals surface area (Å²) in [5, 5.41) is 2.43. The van der Waals surface area contributed by atoms with Crippen LogP contribution < -0.4 is 14.5 Å². The Bertz CT molecular complexity index is 1020. The number of ether oxygens (including phenoxy) is 1. The summed E-state index contributed by atoms with van der Waals surface area (Å²) in [4.78, 5) is 23.7. The van der Waals surface area contributed by atoms with E-state index in [1.807, 2.05) is 35.4 Å². The highest BCUT2D eigenvalue weighted by Crippen LogP contribution is 2.31. The Labute approximate surface area is 170 Å². The topological polar surface area (TPSA) is 48.9 Å². The molecule has 0 atom stereocenters. The van der Waals surface area contributed by atoms with Gasteiger partial charge in [0.1, 0.15) is 11.6 Å². The van der Waals surface area contributed by atoms with Crippen molar-refractivity contribution in [3.63, 3.8) is 0 Å². The van der Waals surface area contributed by atoms with Crippen molar-refractivity contribution in [2.24, 2.45) is 0 Å². The molecule has 1 fully saturated rings. The van der Waals surface area contributed by atoms with Gasteiger partial charge in [-0.15, -0.1) is 0 Å². The number of nitrogens with zero attached hydrogens (tertiary/aromatic N) is 4. The summed E-state index contributed by atoms with van der Waals surface area (Å²) in [6.07, 6.45) is 1.89. The average Bonchev–Trinajstić information content (AvgIpc) is 2.78. The van der Waals surface area contributed by atoms with E-state index in [0.29, 0.717) is 6.54 Å². The van der Waals surface area contributed by atoms with Gasteiger partial charge in [-0.2, -0.15) is 0 Å². The van der Waals surface area contributed by atoms with Crippen LogP contribution in [0, 0.1) is 0 Å². The minimum absolute atomic E-state index is 0.0299.